The Balaban J connectivity index is 2.92. The molecular weight excluding hydrogens is 58.9 g/mol. The van der Waals surface area contributed by atoms with E-state index in [2.05, 4.69) is 6.58 Å². The molecule has 0 atom stereocenters. The molecule has 0 heterocycles. The van der Waals surface area contributed by atoms with Crippen molar-refractivity contribution in [2.45, 2.75) is 6.82 Å². The van der Waals surface area contributed by atoms with E-state index >= 15 is 0 Å². The molecule has 1 heteroatoms. The van der Waals surface area contributed by atoms with Crippen LogP contribution in [0, 0.1) is 0 Å². The first kappa shape index (κ1) is 4.67. The topological polar surface area (TPSA) is 0 Å². The second-order valence-corrected chi connectivity index (χ2v) is 0.761. The van der Waals surface area contributed by atoms with E-state index in [1.807, 2.05) is 19.7 Å². The molecule has 0 amide bonds. The molecule has 0 aromatic heterocycles. The Labute approximate surface area is 33.4 Å². The molecule has 0 aromatic rings. The van der Waals surface area contributed by atoms with Gasteiger partial charge < -0.3 is 0 Å². The maximum atomic E-state index is 3.46. The van der Waals surface area contributed by atoms with Crippen LogP contribution < -0.4 is 0 Å². The second-order valence-electron chi connectivity index (χ2n) is 0.761. The quantitative estimate of drug-likeness (QED) is 0.396. The Morgan fingerprint density at radius 3 is 2.40 bits per heavy atom. The van der Waals surface area contributed by atoms with Crippen LogP contribution in [-0.4, -0.2) is 12.9 Å². The van der Waals surface area contributed by atoms with Crippen molar-refractivity contribution < 1.29 is 0 Å². The van der Waals surface area contributed by atoms with Gasteiger partial charge in [0.25, 0.3) is 0 Å². The summed E-state index contributed by atoms with van der Waals surface area (Å²) in [5.74, 6) is 1.89. The van der Waals surface area contributed by atoms with Gasteiger partial charge in [-0.15, -0.1) is 0 Å². The molecule has 0 N–H and O–H groups in total. The van der Waals surface area contributed by atoms with E-state index in [1.54, 1.807) is 6.08 Å². The predicted octanol–water partition coefficient (Wildman–Crippen LogP) is 0.727. The van der Waals surface area contributed by atoms with Gasteiger partial charge in [0.15, 0.2) is 0 Å². The second kappa shape index (κ2) is 3.67. The van der Waals surface area contributed by atoms with Crippen molar-refractivity contribution in [3.05, 3.63) is 12.7 Å². The number of rotatable bonds is 1. The van der Waals surface area contributed by atoms with Crippen LogP contribution in [0.1, 0.15) is 0 Å². The average molecular weight is 65.9 g/mol. The Morgan fingerprint density at radius 1 is 1.80 bits per heavy atom. The Kier molecular flexibility index (Phi) is 3.44. The van der Waals surface area contributed by atoms with Crippen LogP contribution in [0.4, 0.5) is 0 Å². The molecule has 0 fully saturated rings. The molecule has 0 unspecified atom stereocenters. The molecule has 26 valence electrons. The molecule has 0 aliphatic heterocycles. The van der Waals surface area contributed by atoms with Gasteiger partial charge in [-0.25, -0.2) is 0 Å². The van der Waals surface area contributed by atoms with Crippen molar-refractivity contribution in [2.24, 2.45) is 0 Å². The summed E-state index contributed by atoms with van der Waals surface area (Å²) >= 11 is 0. The van der Waals surface area contributed by atoms with Crippen LogP contribution in [-0.2, 0) is 0 Å². The fourth-order valence-corrected chi connectivity index (χ4v) is 0.136. The zero-order valence-electron chi connectivity index (χ0n) is 3.44. The Bertz CT molecular complexity index is 45.6. The minimum atomic E-state index is 1.75. The van der Waals surface area contributed by atoms with Crippen LogP contribution in [0.3, 0.4) is 0 Å². The first-order valence-electron chi connectivity index (χ1n) is 1.65. The third-order valence-corrected chi connectivity index (χ3v) is 0.329. The van der Waals surface area contributed by atoms with E-state index in [-0.39, 0.29) is 0 Å². The third-order valence-electron chi connectivity index (χ3n) is 0.329. The van der Waals surface area contributed by atoms with Crippen molar-refractivity contribution in [2.75, 3.05) is 0 Å². The van der Waals surface area contributed by atoms with Gasteiger partial charge in [0.2, 0.25) is 0 Å². The molecular formula is C4H7B. The monoisotopic (exact) mass is 66.1 g/mol. The van der Waals surface area contributed by atoms with Gasteiger partial charge in [-0.1, -0.05) is 0 Å². The van der Waals surface area contributed by atoms with Crippen LogP contribution in [0.25, 0.3) is 0 Å². The molecule has 0 rings (SSSR count). The van der Waals surface area contributed by atoms with Gasteiger partial charge in [0.05, 0.1) is 0 Å². The van der Waals surface area contributed by atoms with Crippen molar-refractivity contribution in [3.63, 3.8) is 0 Å². The molecule has 0 spiro atoms. The Hall–Kier alpha value is -0.325. The molecule has 0 nitrogen and oxygen atoms in total. The van der Waals surface area contributed by atoms with Gasteiger partial charge in [-0.3, -0.25) is 0 Å². The third kappa shape index (κ3) is 3.67. The first-order valence-corrected chi connectivity index (χ1v) is 1.65. The number of hydrogen-bond acceptors (Lipinski definition) is 0. The minimum absolute atomic E-state index is 1.75. The summed E-state index contributed by atoms with van der Waals surface area (Å²) < 4.78 is 0. The molecule has 0 aromatic carbocycles. The van der Waals surface area contributed by atoms with E-state index in [0.717, 1.165) is 0 Å². The average Bonchev–Trinajstić information content (AvgIpc) is 1.41. The molecule has 0 bridgehead atoms. The standard InChI is InChI=1S/C4H7B/c1-3-4-5-2/h3-4H,1H2,2H3. The first-order chi connectivity index (χ1) is 2.41. The number of hydrogen-bond donors (Lipinski definition) is 0. The molecule has 0 saturated carbocycles. The summed E-state index contributed by atoms with van der Waals surface area (Å²) in [5.41, 5.74) is 0. The molecule has 0 aliphatic rings. The van der Waals surface area contributed by atoms with E-state index in [4.69, 9.17) is 0 Å². The van der Waals surface area contributed by atoms with Crippen LogP contribution in [0.15, 0.2) is 12.7 Å². The van der Waals surface area contributed by atoms with Gasteiger partial charge in [-0.2, -0.15) is 0 Å². The number of allylic oxidation sites excluding steroid dienone is 1. The van der Waals surface area contributed by atoms with Crippen LogP contribution in [0.2, 0.25) is 6.82 Å². The van der Waals surface area contributed by atoms with Crippen molar-refractivity contribution in [1.82, 2.24) is 0 Å². The van der Waals surface area contributed by atoms with Crippen molar-refractivity contribution in [1.29, 1.82) is 0 Å². The normalized spacial score (nSPS) is 7.40. The summed E-state index contributed by atoms with van der Waals surface area (Å²) in [4.78, 5) is 0. The summed E-state index contributed by atoms with van der Waals surface area (Å²) in [6.45, 7) is 7.36. The van der Waals surface area contributed by atoms with E-state index < -0.39 is 0 Å². The van der Waals surface area contributed by atoms with Gasteiger partial charge in [0.1, 0.15) is 0 Å². The van der Waals surface area contributed by atoms with Crippen LogP contribution >= 0.6 is 0 Å². The van der Waals surface area contributed by atoms with Gasteiger partial charge in [0, 0.05) is 0 Å². The zero-order valence-corrected chi connectivity index (χ0v) is 3.44. The maximum absolute atomic E-state index is 3.46. The van der Waals surface area contributed by atoms with Crippen LogP contribution in [0.5, 0.6) is 0 Å². The molecule has 0 saturated heterocycles. The molecule has 5 heavy (non-hydrogen) atoms. The summed E-state index contributed by atoms with van der Waals surface area (Å²) in [5, 5.41) is 0. The Morgan fingerprint density at radius 2 is 2.40 bits per heavy atom. The summed E-state index contributed by atoms with van der Waals surface area (Å²) in [7, 11) is 0. The summed E-state index contributed by atoms with van der Waals surface area (Å²) in [6, 6.07) is 0. The van der Waals surface area contributed by atoms with E-state index in [0.29, 0.717) is 0 Å². The fraction of sp³-hybridized carbons (Fsp3) is 0.250. The summed E-state index contributed by atoms with van der Waals surface area (Å²) in [6.07, 6.45) is 1.75. The van der Waals surface area contributed by atoms with E-state index in [1.165, 1.54) is 0 Å². The fourth-order valence-electron chi connectivity index (χ4n) is 0.136. The van der Waals surface area contributed by atoms with Gasteiger partial charge >= 0.3 is 32.4 Å². The predicted molar refractivity (Wildman–Crippen MR) is 27.9 cm³/mol. The van der Waals surface area contributed by atoms with Crippen molar-refractivity contribution >= 4 is 12.9 Å². The van der Waals surface area contributed by atoms with E-state index in [9.17, 15) is 0 Å². The SMILES string of the molecule is C=C/C=B\C. The van der Waals surface area contributed by atoms with Crippen molar-refractivity contribution in [3.8, 4) is 0 Å². The van der Waals surface area contributed by atoms with Gasteiger partial charge in [-0.05, 0) is 0 Å². The zero-order chi connectivity index (χ0) is 4.12. The molecule has 0 aliphatic carbocycles. The molecule has 0 radical (unpaired) electrons.